The van der Waals surface area contributed by atoms with Crippen LogP contribution in [0, 0.1) is 6.92 Å². The molecular weight excluding hydrogens is 478 g/mol. The molecule has 4 rings (SSSR count). The summed E-state index contributed by atoms with van der Waals surface area (Å²) in [5, 5.41) is 2.18. The van der Waals surface area contributed by atoms with Gasteiger partial charge in [-0.05, 0) is 38.0 Å². The van der Waals surface area contributed by atoms with Gasteiger partial charge in [0, 0.05) is 56.7 Å². The van der Waals surface area contributed by atoms with Crippen LogP contribution in [0.1, 0.15) is 29.7 Å². The first-order chi connectivity index (χ1) is 16.4. The van der Waals surface area contributed by atoms with Crippen molar-refractivity contribution in [2.45, 2.75) is 32.1 Å². The van der Waals surface area contributed by atoms with E-state index in [2.05, 4.69) is 20.2 Å². The second-order valence-electron chi connectivity index (χ2n) is 8.56. The van der Waals surface area contributed by atoms with Gasteiger partial charge in [0.25, 0.3) is 0 Å². The third-order valence-electron chi connectivity index (χ3n) is 5.95. The fourth-order valence-electron chi connectivity index (χ4n) is 4.13. The van der Waals surface area contributed by atoms with E-state index in [0.717, 1.165) is 37.4 Å². The Morgan fingerprint density at radius 1 is 0.800 bits per heavy atom. The lowest BCUT2D eigenvalue weighted by molar-refractivity contribution is -0.143. The summed E-state index contributed by atoms with van der Waals surface area (Å²) in [6.07, 6.45) is -7.78. The first-order valence-electron chi connectivity index (χ1n) is 11.1. The Morgan fingerprint density at radius 2 is 1.37 bits per heavy atom. The van der Waals surface area contributed by atoms with Gasteiger partial charge in [-0.15, -0.1) is 0 Å². The number of carbonyl (C=O) groups excluding carboxylic acids is 1. The molecule has 190 valence electrons. The molecule has 2 aliphatic rings. The molecule has 2 aromatic rings. The summed E-state index contributed by atoms with van der Waals surface area (Å²) in [4.78, 5) is 27.2. The van der Waals surface area contributed by atoms with Gasteiger partial charge < -0.3 is 20.0 Å². The maximum Gasteiger partial charge on any atom is 0.416 e. The van der Waals surface area contributed by atoms with Crippen molar-refractivity contribution in [3.05, 3.63) is 41.1 Å². The van der Waals surface area contributed by atoms with Crippen LogP contribution in [-0.4, -0.2) is 60.2 Å². The first-order valence-corrected chi connectivity index (χ1v) is 11.1. The Morgan fingerprint density at radius 3 is 1.91 bits per heavy atom. The van der Waals surface area contributed by atoms with E-state index in [4.69, 9.17) is 0 Å². The molecule has 0 radical (unpaired) electrons. The molecule has 0 bridgehead atoms. The van der Waals surface area contributed by atoms with Crippen molar-refractivity contribution < 1.29 is 31.1 Å². The number of anilines is 3. The van der Waals surface area contributed by atoms with Crippen LogP contribution < -0.4 is 15.1 Å². The van der Waals surface area contributed by atoms with Gasteiger partial charge in [0.2, 0.25) is 5.95 Å². The van der Waals surface area contributed by atoms with E-state index in [1.54, 1.807) is 0 Å². The summed E-state index contributed by atoms with van der Waals surface area (Å²) in [6.45, 7) is 4.86. The summed E-state index contributed by atoms with van der Waals surface area (Å²) >= 11 is 0. The lowest BCUT2D eigenvalue weighted by atomic mass is 10.1. The number of halogens is 6. The van der Waals surface area contributed by atoms with Crippen LogP contribution in [0.15, 0.2) is 24.3 Å². The standard InChI is InChI=1S/C22H24F6N6O/c1-14-10-18(32-4-2-3-5-32)31-19(29-14)33-6-8-34(9-7-33)20(35)30-17-12-15(21(23,24)25)11-16(13-17)22(26,27)28/h10-13H,2-9H2,1H3,(H,30,35). The molecule has 0 saturated carbocycles. The zero-order chi connectivity index (χ0) is 25.4. The van der Waals surface area contributed by atoms with Gasteiger partial charge in [-0.3, -0.25) is 0 Å². The number of nitrogens with one attached hydrogen (secondary N) is 1. The number of urea groups is 1. The van der Waals surface area contributed by atoms with Crippen molar-refractivity contribution in [2.75, 3.05) is 54.4 Å². The van der Waals surface area contributed by atoms with E-state index in [1.807, 2.05) is 17.9 Å². The van der Waals surface area contributed by atoms with Crippen LogP contribution in [-0.2, 0) is 12.4 Å². The third kappa shape index (κ3) is 5.88. The van der Waals surface area contributed by atoms with Crippen LogP contribution in [0.4, 0.5) is 48.6 Å². The zero-order valence-corrected chi connectivity index (χ0v) is 18.9. The second-order valence-corrected chi connectivity index (χ2v) is 8.56. The fourth-order valence-corrected chi connectivity index (χ4v) is 4.13. The third-order valence-corrected chi connectivity index (χ3v) is 5.95. The molecule has 2 amide bonds. The molecule has 0 atom stereocenters. The normalized spacial score (nSPS) is 17.2. The molecule has 1 aromatic carbocycles. The Labute approximate surface area is 197 Å². The van der Waals surface area contributed by atoms with Crippen molar-refractivity contribution >= 4 is 23.5 Å². The summed E-state index contributed by atoms with van der Waals surface area (Å²) in [5.41, 5.74) is -2.74. The van der Waals surface area contributed by atoms with Gasteiger partial charge in [-0.1, -0.05) is 0 Å². The number of piperazine rings is 1. The monoisotopic (exact) mass is 502 g/mol. The van der Waals surface area contributed by atoms with Gasteiger partial charge in [0.05, 0.1) is 11.1 Å². The van der Waals surface area contributed by atoms with E-state index in [0.29, 0.717) is 31.2 Å². The van der Waals surface area contributed by atoms with Crippen LogP contribution in [0.5, 0.6) is 0 Å². The number of benzene rings is 1. The number of aromatic nitrogens is 2. The number of carbonyl (C=O) groups is 1. The highest BCUT2D eigenvalue weighted by atomic mass is 19.4. The van der Waals surface area contributed by atoms with Gasteiger partial charge in [0.1, 0.15) is 5.82 Å². The molecule has 1 N–H and O–H groups in total. The highest BCUT2D eigenvalue weighted by molar-refractivity contribution is 5.89. The molecule has 7 nitrogen and oxygen atoms in total. The van der Waals surface area contributed by atoms with Gasteiger partial charge in [-0.2, -0.15) is 31.3 Å². The molecule has 0 aliphatic carbocycles. The summed E-state index contributed by atoms with van der Waals surface area (Å²) in [5.74, 6) is 1.37. The zero-order valence-electron chi connectivity index (χ0n) is 18.9. The number of rotatable bonds is 3. The predicted molar refractivity (Wildman–Crippen MR) is 117 cm³/mol. The van der Waals surface area contributed by atoms with Gasteiger partial charge in [0.15, 0.2) is 0 Å². The molecule has 2 aliphatic heterocycles. The number of hydrogen-bond acceptors (Lipinski definition) is 5. The molecular formula is C22H24F6N6O. The van der Waals surface area contributed by atoms with E-state index in [-0.39, 0.29) is 19.2 Å². The van der Waals surface area contributed by atoms with E-state index in [9.17, 15) is 31.1 Å². The Hall–Kier alpha value is -3.25. The van der Waals surface area contributed by atoms with Gasteiger partial charge >= 0.3 is 18.4 Å². The molecule has 0 spiro atoms. The lowest BCUT2D eigenvalue weighted by Gasteiger charge is -2.35. The summed E-state index contributed by atoms with van der Waals surface area (Å²) in [6, 6.07) is 2.14. The largest absolute Gasteiger partial charge is 0.416 e. The van der Waals surface area contributed by atoms with Crippen molar-refractivity contribution in [3.63, 3.8) is 0 Å². The highest BCUT2D eigenvalue weighted by Crippen LogP contribution is 2.37. The van der Waals surface area contributed by atoms with Gasteiger partial charge in [-0.25, -0.2) is 9.78 Å². The molecule has 3 heterocycles. The van der Waals surface area contributed by atoms with Crippen LogP contribution in [0.3, 0.4) is 0 Å². The minimum Gasteiger partial charge on any atom is -0.356 e. The molecule has 1 aromatic heterocycles. The fraction of sp³-hybridized carbons (Fsp3) is 0.500. The number of aryl methyl sites for hydroxylation is 1. The van der Waals surface area contributed by atoms with Crippen molar-refractivity contribution in [3.8, 4) is 0 Å². The number of nitrogens with zero attached hydrogens (tertiary/aromatic N) is 5. The molecule has 35 heavy (non-hydrogen) atoms. The van der Waals surface area contributed by atoms with E-state index < -0.39 is 35.2 Å². The molecule has 2 saturated heterocycles. The van der Waals surface area contributed by atoms with E-state index >= 15 is 0 Å². The second kappa shape index (κ2) is 9.42. The molecule has 13 heteroatoms. The summed E-state index contributed by atoms with van der Waals surface area (Å²) < 4.78 is 78.5. The summed E-state index contributed by atoms with van der Waals surface area (Å²) in [7, 11) is 0. The quantitative estimate of drug-likeness (QED) is 0.613. The Kier molecular flexibility index (Phi) is 6.69. The number of amides is 2. The van der Waals surface area contributed by atoms with Crippen molar-refractivity contribution in [2.24, 2.45) is 0 Å². The predicted octanol–water partition coefficient (Wildman–Crippen LogP) is 4.78. The topological polar surface area (TPSA) is 64.6 Å². The van der Waals surface area contributed by atoms with Crippen molar-refractivity contribution in [1.82, 2.24) is 14.9 Å². The van der Waals surface area contributed by atoms with Crippen molar-refractivity contribution in [1.29, 1.82) is 0 Å². The van der Waals surface area contributed by atoms with Crippen LogP contribution in [0.25, 0.3) is 0 Å². The maximum absolute atomic E-state index is 13.1. The molecule has 0 unspecified atom stereocenters. The minimum atomic E-state index is -4.99. The molecule has 2 fully saturated rings. The maximum atomic E-state index is 13.1. The average Bonchev–Trinajstić information content (AvgIpc) is 3.32. The smallest absolute Gasteiger partial charge is 0.356 e. The first kappa shape index (κ1) is 24.9. The SMILES string of the molecule is Cc1cc(N2CCCC2)nc(N2CCN(C(=O)Nc3cc(C(F)(F)F)cc(C(F)(F)F)c3)CC2)n1. The van der Waals surface area contributed by atoms with E-state index in [1.165, 1.54) is 4.90 Å². The Bertz CT molecular complexity index is 1040. The highest BCUT2D eigenvalue weighted by Gasteiger charge is 2.37. The number of alkyl halides is 6. The minimum absolute atomic E-state index is 0.0205. The Balaban J connectivity index is 1.43. The average molecular weight is 502 g/mol. The number of hydrogen-bond donors (Lipinski definition) is 1. The van der Waals surface area contributed by atoms with Crippen LogP contribution in [0.2, 0.25) is 0 Å². The van der Waals surface area contributed by atoms with Crippen LogP contribution >= 0.6 is 0 Å². The lowest BCUT2D eigenvalue weighted by Crippen LogP contribution is -2.50.